The van der Waals surface area contributed by atoms with E-state index in [1.54, 1.807) is 0 Å². The van der Waals surface area contributed by atoms with Gasteiger partial charge < -0.3 is 10.1 Å². The molecule has 1 atom stereocenters. The van der Waals surface area contributed by atoms with Crippen molar-refractivity contribution in [3.05, 3.63) is 48.0 Å². The molecule has 0 saturated heterocycles. The molecule has 0 spiro atoms. The van der Waals surface area contributed by atoms with Crippen molar-refractivity contribution in [3.63, 3.8) is 0 Å². The third-order valence-corrected chi connectivity index (χ3v) is 3.52. The van der Waals surface area contributed by atoms with Gasteiger partial charge in [-0.3, -0.25) is 0 Å². The first-order chi connectivity index (χ1) is 9.33. The van der Waals surface area contributed by atoms with Crippen LogP contribution in [0.2, 0.25) is 0 Å². The van der Waals surface area contributed by atoms with Crippen LogP contribution in [0.1, 0.15) is 18.9 Å². The highest BCUT2D eigenvalue weighted by Gasteiger charge is 2.07. The van der Waals surface area contributed by atoms with Gasteiger partial charge in [-0.1, -0.05) is 42.5 Å². The molecule has 0 saturated carbocycles. The molecule has 0 radical (unpaired) electrons. The molecular formula is C17H23NO. The summed E-state index contributed by atoms with van der Waals surface area (Å²) in [6, 6.07) is 15.7. The summed E-state index contributed by atoms with van der Waals surface area (Å²) in [6.45, 7) is 3.67. The second-order valence-corrected chi connectivity index (χ2v) is 4.86. The zero-order valence-electron chi connectivity index (χ0n) is 11.9. The maximum absolute atomic E-state index is 5.43. The van der Waals surface area contributed by atoms with Gasteiger partial charge in [-0.2, -0.15) is 0 Å². The zero-order valence-corrected chi connectivity index (χ0v) is 11.9. The number of hydrogen-bond acceptors (Lipinski definition) is 2. The van der Waals surface area contributed by atoms with Crippen molar-refractivity contribution in [2.75, 3.05) is 20.3 Å². The van der Waals surface area contributed by atoms with Crippen LogP contribution >= 0.6 is 0 Å². The number of likely N-dealkylation sites (N-methyl/N-ethyl adjacent to an activating group) is 1. The van der Waals surface area contributed by atoms with Gasteiger partial charge in [0.1, 0.15) is 0 Å². The zero-order chi connectivity index (χ0) is 13.5. The number of benzene rings is 2. The first-order valence-corrected chi connectivity index (χ1v) is 7.06. The van der Waals surface area contributed by atoms with E-state index in [-0.39, 0.29) is 0 Å². The molecule has 102 valence electrons. The van der Waals surface area contributed by atoms with Crippen LogP contribution in [0.5, 0.6) is 0 Å². The summed E-state index contributed by atoms with van der Waals surface area (Å²) in [5.74, 6) is 0. The van der Waals surface area contributed by atoms with Crippen LogP contribution in [0.25, 0.3) is 10.8 Å². The molecule has 0 aromatic heterocycles. The van der Waals surface area contributed by atoms with Gasteiger partial charge in [-0.15, -0.1) is 0 Å². The van der Waals surface area contributed by atoms with Crippen molar-refractivity contribution >= 4 is 10.8 Å². The monoisotopic (exact) mass is 257 g/mol. The van der Waals surface area contributed by atoms with Crippen molar-refractivity contribution in [1.29, 1.82) is 0 Å². The summed E-state index contributed by atoms with van der Waals surface area (Å²) in [5.41, 5.74) is 1.38. The van der Waals surface area contributed by atoms with E-state index in [1.807, 2.05) is 14.0 Å². The molecule has 0 aliphatic carbocycles. The van der Waals surface area contributed by atoms with Crippen LogP contribution in [0.15, 0.2) is 42.5 Å². The molecule has 0 amide bonds. The second-order valence-electron chi connectivity index (χ2n) is 4.86. The molecule has 19 heavy (non-hydrogen) atoms. The Labute approximate surface area is 115 Å². The van der Waals surface area contributed by atoms with Crippen LogP contribution in [0.4, 0.5) is 0 Å². The lowest BCUT2D eigenvalue weighted by molar-refractivity contribution is 0.137. The molecule has 2 aromatic rings. The molecule has 2 aromatic carbocycles. The quantitative estimate of drug-likeness (QED) is 0.768. The fourth-order valence-electron chi connectivity index (χ4n) is 2.37. The van der Waals surface area contributed by atoms with Gasteiger partial charge in [-0.25, -0.2) is 0 Å². The smallest absolute Gasteiger partial charge is 0.0480 e. The van der Waals surface area contributed by atoms with Crippen LogP contribution in [0, 0.1) is 0 Å². The lowest BCUT2D eigenvalue weighted by Gasteiger charge is -2.16. The number of fused-ring (bicyclic) bond motifs is 1. The van der Waals surface area contributed by atoms with E-state index in [0.717, 1.165) is 26.1 Å². The first kappa shape index (κ1) is 14.0. The van der Waals surface area contributed by atoms with E-state index in [9.17, 15) is 0 Å². The molecular weight excluding hydrogens is 234 g/mol. The predicted molar refractivity (Wildman–Crippen MR) is 81.6 cm³/mol. The van der Waals surface area contributed by atoms with Gasteiger partial charge in [0.15, 0.2) is 0 Å². The van der Waals surface area contributed by atoms with Crippen LogP contribution in [0.3, 0.4) is 0 Å². The van der Waals surface area contributed by atoms with Crippen molar-refractivity contribution in [1.82, 2.24) is 5.32 Å². The normalized spacial score (nSPS) is 12.7. The number of hydrogen-bond donors (Lipinski definition) is 1. The van der Waals surface area contributed by atoms with E-state index in [2.05, 4.69) is 47.8 Å². The largest absolute Gasteiger partial charge is 0.382 e. The van der Waals surface area contributed by atoms with E-state index < -0.39 is 0 Å². The summed E-state index contributed by atoms with van der Waals surface area (Å²) >= 11 is 0. The molecule has 2 heteroatoms. The molecule has 2 nitrogen and oxygen atoms in total. The third kappa shape index (κ3) is 4.05. The highest BCUT2D eigenvalue weighted by atomic mass is 16.5. The molecule has 0 aliphatic heterocycles. The van der Waals surface area contributed by atoms with Crippen molar-refractivity contribution in [2.24, 2.45) is 0 Å². The number of rotatable bonds is 7. The summed E-state index contributed by atoms with van der Waals surface area (Å²) in [7, 11) is 2.03. The van der Waals surface area contributed by atoms with Crippen molar-refractivity contribution in [3.8, 4) is 0 Å². The van der Waals surface area contributed by atoms with Gasteiger partial charge in [0.05, 0.1) is 0 Å². The van der Waals surface area contributed by atoms with Crippen LogP contribution < -0.4 is 5.32 Å². The molecule has 0 aliphatic rings. The maximum Gasteiger partial charge on any atom is 0.0480 e. The Morgan fingerprint density at radius 1 is 1.11 bits per heavy atom. The van der Waals surface area contributed by atoms with Gasteiger partial charge in [0.25, 0.3) is 0 Å². The molecule has 0 fully saturated rings. The summed E-state index contributed by atoms with van der Waals surface area (Å²) < 4.78 is 5.43. The van der Waals surface area contributed by atoms with Crippen molar-refractivity contribution < 1.29 is 4.74 Å². The molecule has 0 bridgehead atoms. The minimum atomic E-state index is 0.479. The average Bonchev–Trinajstić information content (AvgIpc) is 2.46. The highest BCUT2D eigenvalue weighted by molar-refractivity contribution is 5.82. The molecule has 1 N–H and O–H groups in total. The summed E-state index contributed by atoms with van der Waals surface area (Å²) in [6.07, 6.45) is 2.10. The van der Waals surface area contributed by atoms with E-state index in [1.165, 1.54) is 16.3 Å². The fraction of sp³-hybridized carbons (Fsp3) is 0.412. The Kier molecular flexibility index (Phi) is 5.37. The standard InChI is InChI=1S/C17H23NO/c1-3-19-11-10-17(18-2)13-14-8-9-15-6-4-5-7-16(15)12-14/h4-9,12,17-18H,3,10-11,13H2,1-2H3. The molecule has 2 rings (SSSR count). The van der Waals surface area contributed by atoms with E-state index in [0.29, 0.717) is 6.04 Å². The van der Waals surface area contributed by atoms with Gasteiger partial charge in [0.2, 0.25) is 0 Å². The summed E-state index contributed by atoms with van der Waals surface area (Å²) in [5, 5.41) is 6.00. The van der Waals surface area contributed by atoms with Crippen LogP contribution in [-0.2, 0) is 11.2 Å². The van der Waals surface area contributed by atoms with Crippen LogP contribution in [-0.4, -0.2) is 26.3 Å². The Morgan fingerprint density at radius 2 is 1.89 bits per heavy atom. The topological polar surface area (TPSA) is 21.3 Å². The SMILES string of the molecule is CCOCCC(Cc1ccc2ccccc2c1)NC. The first-order valence-electron chi connectivity index (χ1n) is 7.06. The highest BCUT2D eigenvalue weighted by Crippen LogP contribution is 2.17. The number of nitrogens with one attached hydrogen (secondary N) is 1. The molecule has 0 heterocycles. The Morgan fingerprint density at radius 3 is 2.63 bits per heavy atom. The lowest BCUT2D eigenvalue weighted by atomic mass is 10.0. The average molecular weight is 257 g/mol. The fourth-order valence-corrected chi connectivity index (χ4v) is 2.37. The summed E-state index contributed by atoms with van der Waals surface area (Å²) in [4.78, 5) is 0. The van der Waals surface area contributed by atoms with Gasteiger partial charge >= 0.3 is 0 Å². The second kappa shape index (κ2) is 7.27. The Hall–Kier alpha value is -1.38. The minimum Gasteiger partial charge on any atom is -0.382 e. The lowest BCUT2D eigenvalue weighted by Crippen LogP contribution is -2.29. The Balaban J connectivity index is 2.02. The predicted octanol–water partition coefficient (Wildman–Crippen LogP) is 3.40. The number of ether oxygens (including phenoxy) is 1. The van der Waals surface area contributed by atoms with E-state index >= 15 is 0 Å². The van der Waals surface area contributed by atoms with Gasteiger partial charge in [-0.05, 0) is 43.1 Å². The maximum atomic E-state index is 5.43. The van der Waals surface area contributed by atoms with E-state index in [4.69, 9.17) is 4.74 Å². The molecule has 1 unspecified atom stereocenters. The van der Waals surface area contributed by atoms with Gasteiger partial charge in [0, 0.05) is 19.3 Å². The third-order valence-electron chi connectivity index (χ3n) is 3.52. The van der Waals surface area contributed by atoms with Crippen molar-refractivity contribution in [2.45, 2.75) is 25.8 Å². The Bertz CT molecular complexity index is 509. The minimum absolute atomic E-state index is 0.479.